The van der Waals surface area contributed by atoms with Gasteiger partial charge in [0.15, 0.2) is 0 Å². The number of nitrogens with zero attached hydrogens (tertiary/aromatic N) is 5. The van der Waals surface area contributed by atoms with E-state index in [1.54, 1.807) is 22.5 Å². The molecule has 1 fully saturated rings. The molecule has 0 bridgehead atoms. The Morgan fingerprint density at radius 2 is 1.85 bits per heavy atom. The normalized spacial score (nSPS) is 16.0. The molecule has 2 aromatic rings. The number of aryl methyl sites for hydroxylation is 2. The average molecular weight is 371 g/mol. The van der Waals surface area contributed by atoms with Gasteiger partial charge in [-0.1, -0.05) is 20.8 Å². The van der Waals surface area contributed by atoms with Crippen LogP contribution < -0.4 is 5.56 Å². The minimum Gasteiger partial charge on any atom is -0.337 e. The molecule has 7 nitrogen and oxygen atoms in total. The van der Waals surface area contributed by atoms with Crippen molar-refractivity contribution in [2.75, 3.05) is 13.1 Å². The van der Waals surface area contributed by atoms with Crippen LogP contribution in [-0.4, -0.2) is 43.5 Å². The van der Waals surface area contributed by atoms with Gasteiger partial charge in [-0.25, -0.2) is 4.68 Å². The molecule has 3 rings (SSSR count). The van der Waals surface area contributed by atoms with Crippen LogP contribution in [0.25, 0.3) is 0 Å². The van der Waals surface area contributed by atoms with Crippen LogP contribution in [0, 0.1) is 12.8 Å². The van der Waals surface area contributed by atoms with Crippen LogP contribution in [0.3, 0.4) is 0 Å². The van der Waals surface area contributed by atoms with Gasteiger partial charge in [-0.15, -0.1) is 0 Å². The van der Waals surface area contributed by atoms with Crippen LogP contribution in [0.4, 0.5) is 0 Å². The number of carbonyl (C=O) groups is 1. The smallest absolute Gasteiger partial charge is 0.272 e. The monoisotopic (exact) mass is 371 g/mol. The van der Waals surface area contributed by atoms with Gasteiger partial charge in [-0.05, 0) is 37.8 Å². The fraction of sp³-hybridized carbons (Fsp3) is 0.600. The first-order valence-electron chi connectivity index (χ1n) is 9.53. The van der Waals surface area contributed by atoms with Gasteiger partial charge in [0, 0.05) is 38.2 Å². The summed E-state index contributed by atoms with van der Waals surface area (Å²) >= 11 is 0. The quantitative estimate of drug-likeness (QED) is 0.829. The van der Waals surface area contributed by atoms with Gasteiger partial charge < -0.3 is 4.90 Å². The average Bonchev–Trinajstić information content (AvgIpc) is 2.94. The number of carbonyl (C=O) groups excluding carboxylic acids is 1. The summed E-state index contributed by atoms with van der Waals surface area (Å²) in [5, 5.41) is 8.82. The number of piperidine rings is 1. The van der Waals surface area contributed by atoms with E-state index >= 15 is 0 Å². The van der Waals surface area contributed by atoms with Crippen LogP contribution in [-0.2, 0) is 19.0 Å². The fourth-order valence-corrected chi connectivity index (χ4v) is 3.52. The van der Waals surface area contributed by atoms with E-state index in [4.69, 9.17) is 0 Å². The molecule has 0 atom stereocenters. The van der Waals surface area contributed by atoms with Crippen molar-refractivity contribution in [3.63, 3.8) is 0 Å². The maximum Gasteiger partial charge on any atom is 0.272 e. The molecule has 0 aliphatic carbocycles. The summed E-state index contributed by atoms with van der Waals surface area (Å²) < 4.78 is 3.23. The van der Waals surface area contributed by atoms with E-state index in [2.05, 4.69) is 31.0 Å². The summed E-state index contributed by atoms with van der Waals surface area (Å²) in [4.78, 5) is 26.8. The SMILES string of the molecule is Cc1cc(C(=O)N2CCC(Cn3nc(C(C)(C)C)ccc3=O)CC2)n(C)n1. The highest BCUT2D eigenvalue weighted by Crippen LogP contribution is 2.22. The van der Waals surface area contributed by atoms with Crippen molar-refractivity contribution in [2.24, 2.45) is 13.0 Å². The molecule has 0 saturated carbocycles. The highest BCUT2D eigenvalue weighted by molar-refractivity contribution is 5.92. The molecular weight excluding hydrogens is 342 g/mol. The van der Waals surface area contributed by atoms with Crippen molar-refractivity contribution in [1.82, 2.24) is 24.5 Å². The molecule has 1 aliphatic heterocycles. The van der Waals surface area contributed by atoms with Gasteiger partial charge in [0.2, 0.25) is 0 Å². The van der Waals surface area contributed by atoms with E-state index in [1.807, 2.05) is 24.0 Å². The zero-order valence-corrected chi connectivity index (χ0v) is 16.9. The molecule has 2 aromatic heterocycles. The third-order valence-corrected chi connectivity index (χ3v) is 5.19. The lowest BCUT2D eigenvalue weighted by molar-refractivity contribution is 0.0669. The van der Waals surface area contributed by atoms with Crippen molar-refractivity contribution >= 4 is 5.91 Å². The number of amides is 1. The highest BCUT2D eigenvalue weighted by atomic mass is 16.2. The van der Waals surface area contributed by atoms with Gasteiger partial charge in [0.05, 0.1) is 11.4 Å². The first-order valence-corrected chi connectivity index (χ1v) is 9.53. The lowest BCUT2D eigenvalue weighted by Crippen LogP contribution is -2.41. The van der Waals surface area contributed by atoms with Crippen molar-refractivity contribution in [1.29, 1.82) is 0 Å². The van der Waals surface area contributed by atoms with Crippen molar-refractivity contribution in [2.45, 2.75) is 52.5 Å². The molecular formula is C20H29N5O2. The number of aromatic nitrogens is 4. The van der Waals surface area contributed by atoms with Gasteiger partial charge in [-0.2, -0.15) is 10.2 Å². The Hall–Kier alpha value is -2.44. The molecule has 146 valence electrons. The molecule has 1 saturated heterocycles. The Balaban J connectivity index is 1.64. The Labute approximate surface area is 160 Å². The second-order valence-corrected chi connectivity index (χ2v) is 8.52. The predicted molar refractivity (Wildman–Crippen MR) is 104 cm³/mol. The first-order chi connectivity index (χ1) is 12.6. The fourth-order valence-electron chi connectivity index (χ4n) is 3.52. The van der Waals surface area contributed by atoms with E-state index in [9.17, 15) is 9.59 Å². The zero-order valence-electron chi connectivity index (χ0n) is 16.9. The third kappa shape index (κ3) is 4.28. The van der Waals surface area contributed by atoms with Crippen LogP contribution in [0.2, 0.25) is 0 Å². The number of likely N-dealkylation sites (tertiary alicyclic amines) is 1. The summed E-state index contributed by atoms with van der Waals surface area (Å²) in [6, 6.07) is 5.25. The van der Waals surface area contributed by atoms with Crippen molar-refractivity contribution < 1.29 is 4.79 Å². The summed E-state index contributed by atoms with van der Waals surface area (Å²) in [6.07, 6.45) is 1.74. The molecule has 0 N–H and O–H groups in total. The number of hydrogen-bond donors (Lipinski definition) is 0. The van der Waals surface area contributed by atoms with Crippen molar-refractivity contribution in [3.05, 3.63) is 45.6 Å². The van der Waals surface area contributed by atoms with E-state index in [-0.39, 0.29) is 16.9 Å². The minimum atomic E-state index is -0.0908. The maximum absolute atomic E-state index is 12.7. The molecule has 3 heterocycles. The zero-order chi connectivity index (χ0) is 19.8. The van der Waals surface area contributed by atoms with Crippen LogP contribution in [0.15, 0.2) is 23.0 Å². The highest BCUT2D eigenvalue weighted by Gasteiger charge is 2.26. The lowest BCUT2D eigenvalue weighted by Gasteiger charge is -2.32. The molecule has 1 amide bonds. The largest absolute Gasteiger partial charge is 0.337 e. The lowest BCUT2D eigenvalue weighted by atomic mass is 9.92. The molecule has 0 radical (unpaired) electrons. The number of rotatable bonds is 3. The Bertz CT molecular complexity index is 883. The molecule has 0 spiro atoms. The molecule has 27 heavy (non-hydrogen) atoms. The molecule has 0 unspecified atom stereocenters. The van der Waals surface area contributed by atoms with Crippen LogP contribution >= 0.6 is 0 Å². The minimum absolute atomic E-state index is 0.0292. The summed E-state index contributed by atoms with van der Waals surface area (Å²) in [7, 11) is 1.80. The predicted octanol–water partition coefficient (Wildman–Crippen LogP) is 2.14. The summed E-state index contributed by atoms with van der Waals surface area (Å²) in [6.45, 7) is 10.2. The third-order valence-electron chi connectivity index (χ3n) is 5.19. The van der Waals surface area contributed by atoms with Gasteiger partial charge in [0.25, 0.3) is 11.5 Å². The van der Waals surface area contributed by atoms with Gasteiger partial charge >= 0.3 is 0 Å². The Kier molecular flexibility index (Phi) is 5.22. The molecule has 1 aliphatic rings. The maximum atomic E-state index is 12.7. The van der Waals surface area contributed by atoms with Gasteiger partial charge in [-0.3, -0.25) is 14.3 Å². The molecule has 7 heteroatoms. The van der Waals surface area contributed by atoms with E-state index in [1.165, 1.54) is 0 Å². The van der Waals surface area contributed by atoms with E-state index in [0.717, 1.165) is 24.2 Å². The van der Waals surface area contributed by atoms with E-state index in [0.29, 0.717) is 31.2 Å². The second kappa shape index (κ2) is 7.29. The van der Waals surface area contributed by atoms with E-state index < -0.39 is 0 Å². The number of hydrogen-bond acceptors (Lipinski definition) is 4. The summed E-state index contributed by atoms with van der Waals surface area (Å²) in [5.41, 5.74) is 2.24. The second-order valence-electron chi connectivity index (χ2n) is 8.52. The van der Waals surface area contributed by atoms with Crippen molar-refractivity contribution in [3.8, 4) is 0 Å². The Morgan fingerprint density at radius 1 is 1.19 bits per heavy atom. The van der Waals surface area contributed by atoms with Crippen LogP contribution in [0.5, 0.6) is 0 Å². The molecule has 0 aromatic carbocycles. The van der Waals surface area contributed by atoms with Gasteiger partial charge in [0.1, 0.15) is 5.69 Å². The summed E-state index contributed by atoms with van der Waals surface area (Å²) in [5.74, 6) is 0.379. The van der Waals surface area contributed by atoms with Crippen LogP contribution in [0.1, 0.15) is 55.5 Å². The Morgan fingerprint density at radius 3 is 2.41 bits per heavy atom. The standard InChI is InChI=1S/C20H29N5O2/c1-14-12-16(23(5)21-14)19(27)24-10-8-15(9-11-24)13-25-18(26)7-6-17(22-25)20(2,3)4/h6-7,12,15H,8-11,13H2,1-5H3. The first kappa shape index (κ1) is 19.3. The topological polar surface area (TPSA) is 73.0 Å².